The maximum atomic E-state index is 8.98. The van der Waals surface area contributed by atoms with Crippen LogP contribution in [0.5, 0.6) is 0 Å². The molecule has 1 aromatic rings. The molecule has 0 aromatic carbocycles. The summed E-state index contributed by atoms with van der Waals surface area (Å²) in [5, 5.41) is 13.3. The van der Waals surface area contributed by atoms with Crippen molar-refractivity contribution in [2.45, 2.75) is 51.5 Å². The maximum absolute atomic E-state index is 8.98. The highest BCUT2D eigenvalue weighted by atomic mass is 32.2. The quantitative estimate of drug-likeness (QED) is 0.621. The average molecular weight is 283 g/mol. The lowest BCUT2D eigenvalue weighted by molar-refractivity contribution is 0.322. The van der Waals surface area contributed by atoms with Crippen LogP contribution < -0.4 is 5.32 Å². The first kappa shape index (κ1) is 16.2. The van der Waals surface area contributed by atoms with Crippen LogP contribution in [0.2, 0.25) is 0 Å². The zero-order valence-corrected chi connectivity index (χ0v) is 13.4. The SMILES string of the molecule is CCCNc1nc(C(C)(C)C)nc(SCCO)c1C. The minimum atomic E-state index is -0.0785. The standard InChI is InChI=1S/C14H25N3OS/c1-6-7-15-11-10(2)12(19-9-8-18)17-13(16-11)14(3,4)5/h18H,6-9H2,1-5H3,(H,15,16,17). The van der Waals surface area contributed by atoms with E-state index in [9.17, 15) is 0 Å². The van der Waals surface area contributed by atoms with Gasteiger partial charge in [0, 0.05) is 23.3 Å². The van der Waals surface area contributed by atoms with Gasteiger partial charge in [-0.1, -0.05) is 27.7 Å². The third-order valence-electron chi connectivity index (χ3n) is 2.64. The van der Waals surface area contributed by atoms with Crippen LogP contribution in [0.1, 0.15) is 45.5 Å². The van der Waals surface area contributed by atoms with Gasteiger partial charge >= 0.3 is 0 Å². The van der Waals surface area contributed by atoms with Gasteiger partial charge in [-0.15, -0.1) is 11.8 Å². The van der Waals surface area contributed by atoms with Crippen molar-refractivity contribution < 1.29 is 5.11 Å². The van der Waals surface area contributed by atoms with E-state index >= 15 is 0 Å². The second kappa shape index (κ2) is 7.10. The summed E-state index contributed by atoms with van der Waals surface area (Å²) in [6.07, 6.45) is 1.06. The van der Waals surface area contributed by atoms with E-state index < -0.39 is 0 Å². The number of rotatable bonds is 6. The predicted octanol–water partition coefficient (Wildman–Crippen LogP) is 2.99. The van der Waals surface area contributed by atoms with E-state index in [2.05, 4.69) is 43.0 Å². The lowest BCUT2D eigenvalue weighted by Crippen LogP contribution is -2.19. The minimum absolute atomic E-state index is 0.0785. The van der Waals surface area contributed by atoms with Crippen LogP contribution in [0.4, 0.5) is 5.82 Å². The number of thioether (sulfide) groups is 1. The molecule has 0 aliphatic carbocycles. The molecule has 0 saturated heterocycles. The second-order valence-electron chi connectivity index (χ2n) is 5.57. The van der Waals surface area contributed by atoms with Crippen LogP contribution in [-0.4, -0.2) is 34.0 Å². The maximum Gasteiger partial charge on any atom is 0.137 e. The van der Waals surface area contributed by atoms with E-state index in [0.717, 1.165) is 35.2 Å². The normalized spacial score (nSPS) is 11.7. The number of aliphatic hydroxyl groups excluding tert-OH is 1. The van der Waals surface area contributed by atoms with Gasteiger partial charge in [0.2, 0.25) is 0 Å². The van der Waals surface area contributed by atoms with Crippen molar-refractivity contribution >= 4 is 17.6 Å². The molecule has 0 saturated carbocycles. The molecule has 0 unspecified atom stereocenters. The summed E-state index contributed by atoms with van der Waals surface area (Å²) in [4.78, 5) is 9.30. The molecule has 0 spiro atoms. The number of nitrogens with zero attached hydrogens (tertiary/aromatic N) is 2. The van der Waals surface area contributed by atoms with Crippen LogP contribution in [0.25, 0.3) is 0 Å². The Hall–Kier alpha value is -0.810. The Morgan fingerprint density at radius 2 is 1.95 bits per heavy atom. The van der Waals surface area contributed by atoms with E-state index in [4.69, 9.17) is 5.11 Å². The first-order chi connectivity index (χ1) is 8.90. The highest BCUT2D eigenvalue weighted by Gasteiger charge is 2.21. The molecule has 1 rings (SSSR count). The number of hydrogen-bond donors (Lipinski definition) is 2. The number of nitrogens with one attached hydrogen (secondary N) is 1. The summed E-state index contributed by atoms with van der Waals surface area (Å²) in [6, 6.07) is 0. The van der Waals surface area contributed by atoms with E-state index in [1.54, 1.807) is 11.8 Å². The molecule has 5 heteroatoms. The van der Waals surface area contributed by atoms with Gasteiger partial charge in [0.05, 0.1) is 6.61 Å². The van der Waals surface area contributed by atoms with Crippen molar-refractivity contribution in [1.82, 2.24) is 9.97 Å². The molecule has 2 N–H and O–H groups in total. The molecular weight excluding hydrogens is 258 g/mol. The average Bonchev–Trinajstić information content (AvgIpc) is 2.34. The Balaban J connectivity index is 3.14. The van der Waals surface area contributed by atoms with Crippen molar-refractivity contribution in [2.75, 3.05) is 24.2 Å². The number of hydrogen-bond acceptors (Lipinski definition) is 5. The predicted molar refractivity (Wildman–Crippen MR) is 82.1 cm³/mol. The molecule has 0 fully saturated rings. The molecular formula is C14H25N3OS. The molecule has 1 heterocycles. The van der Waals surface area contributed by atoms with Gasteiger partial charge < -0.3 is 10.4 Å². The lowest BCUT2D eigenvalue weighted by Gasteiger charge is -2.20. The summed E-state index contributed by atoms with van der Waals surface area (Å²) < 4.78 is 0. The molecule has 0 aliphatic rings. The molecule has 4 nitrogen and oxygen atoms in total. The fourth-order valence-electron chi connectivity index (χ4n) is 1.53. The minimum Gasteiger partial charge on any atom is -0.396 e. The van der Waals surface area contributed by atoms with Crippen LogP contribution in [0, 0.1) is 6.92 Å². The monoisotopic (exact) mass is 283 g/mol. The Kier molecular flexibility index (Phi) is 6.07. The van der Waals surface area contributed by atoms with Gasteiger partial charge in [-0.2, -0.15) is 0 Å². The zero-order valence-electron chi connectivity index (χ0n) is 12.6. The van der Waals surface area contributed by atoms with Crippen molar-refractivity contribution in [1.29, 1.82) is 0 Å². The molecule has 19 heavy (non-hydrogen) atoms. The van der Waals surface area contributed by atoms with E-state index in [1.807, 2.05) is 6.92 Å². The van der Waals surface area contributed by atoms with Gasteiger partial charge in [-0.25, -0.2) is 9.97 Å². The number of aromatic nitrogens is 2. The topological polar surface area (TPSA) is 58.0 Å². The van der Waals surface area contributed by atoms with Crippen LogP contribution >= 0.6 is 11.8 Å². The summed E-state index contributed by atoms with van der Waals surface area (Å²) in [5.41, 5.74) is 0.991. The Morgan fingerprint density at radius 1 is 1.26 bits per heavy atom. The lowest BCUT2D eigenvalue weighted by atomic mass is 9.95. The molecule has 1 aromatic heterocycles. The highest BCUT2D eigenvalue weighted by molar-refractivity contribution is 7.99. The van der Waals surface area contributed by atoms with Crippen LogP contribution in [-0.2, 0) is 5.41 Å². The second-order valence-corrected chi connectivity index (χ2v) is 6.66. The molecule has 0 bridgehead atoms. The first-order valence-electron chi connectivity index (χ1n) is 6.76. The highest BCUT2D eigenvalue weighted by Crippen LogP contribution is 2.28. The largest absolute Gasteiger partial charge is 0.396 e. The fourth-order valence-corrected chi connectivity index (χ4v) is 2.28. The first-order valence-corrected chi connectivity index (χ1v) is 7.75. The van der Waals surface area contributed by atoms with Gasteiger partial charge in [0.15, 0.2) is 0 Å². The summed E-state index contributed by atoms with van der Waals surface area (Å²) in [6.45, 7) is 11.6. The van der Waals surface area contributed by atoms with E-state index in [0.29, 0.717) is 5.75 Å². The third kappa shape index (κ3) is 4.66. The van der Waals surface area contributed by atoms with Gasteiger partial charge in [0.1, 0.15) is 16.7 Å². The van der Waals surface area contributed by atoms with Crippen molar-refractivity contribution in [3.05, 3.63) is 11.4 Å². The van der Waals surface area contributed by atoms with Crippen LogP contribution in [0.15, 0.2) is 5.03 Å². The zero-order chi connectivity index (χ0) is 14.5. The van der Waals surface area contributed by atoms with Gasteiger partial charge in [-0.05, 0) is 13.3 Å². The number of aliphatic hydroxyl groups is 1. The Labute approximate surface area is 120 Å². The van der Waals surface area contributed by atoms with E-state index in [1.165, 1.54) is 0 Å². The van der Waals surface area contributed by atoms with Crippen molar-refractivity contribution in [3.63, 3.8) is 0 Å². The summed E-state index contributed by atoms with van der Waals surface area (Å²) in [7, 11) is 0. The molecule has 108 valence electrons. The smallest absolute Gasteiger partial charge is 0.137 e. The van der Waals surface area contributed by atoms with Gasteiger partial charge in [0.25, 0.3) is 0 Å². The molecule has 0 atom stereocenters. The van der Waals surface area contributed by atoms with E-state index in [-0.39, 0.29) is 12.0 Å². The summed E-state index contributed by atoms with van der Waals surface area (Å²) in [5.74, 6) is 2.42. The molecule has 0 aliphatic heterocycles. The van der Waals surface area contributed by atoms with Crippen molar-refractivity contribution in [2.24, 2.45) is 0 Å². The fraction of sp³-hybridized carbons (Fsp3) is 0.714. The van der Waals surface area contributed by atoms with Crippen LogP contribution in [0.3, 0.4) is 0 Å². The molecule has 0 radical (unpaired) electrons. The molecule has 0 amide bonds. The van der Waals surface area contributed by atoms with Gasteiger partial charge in [-0.3, -0.25) is 0 Å². The number of anilines is 1. The van der Waals surface area contributed by atoms with Crippen molar-refractivity contribution in [3.8, 4) is 0 Å². The Bertz CT molecular complexity index is 387. The third-order valence-corrected chi connectivity index (χ3v) is 3.70. The summed E-state index contributed by atoms with van der Waals surface area (Å²) >= 11 is 1.58. The Morgan fingerprint density at radius 3 is 2.47 bits per heavy atom.